The highest BCUT2D eigenvalue weighted by Crippen LogP contribution is 2.05. The van der Waals surface area contributed by atoms with Crippen LogP contribution < -0.4 is 5.32 Å². The second kappa shape index (κ2) is 8.62. The average molecular weight is 245 g/mol. The molecule has 0 rings (SSSR count). The van der Waals surface area contributed by atoms with E-state index in [1.807, 2.05) is 19.6 Å². The quantitative estimate of drug-likeness (QED) is 0.520. The third kappa shape index (κ3) is 11.6. The lowest BCUT2D eigenvalue weighted by molar-refractivity contribution is 0.198. The first kappa shape index (κ1) is 15.5. The molecule has 96 valence electrons. The maximum atomic E-state index is 11.3. The van der Waals surface area contributed by atoms with E-state index < -0.39 is 8.32 Å². The molecule has 0 atom stereocenters. The van der Waals surface area contributed by atoms with Gasteiger partial charge in [0.1, 0.15) is 0 Å². The first-order chi connectivity index (χ1) is 7.45. The van der Waals surface area contributed by atoms with E-state index >= 15 is 0 Å². The summed E-state index contributed by atoms with van der Waals surface area (Å²) in [6, 6.07) is 0. The molecule has 0 aromatic carbocycles. The average Bonchev–Trinajstić information content (AvgIpc) is 2.13. The van der Waals surface area contributed by atoms with Crippen molar-refractivity contribution < 1.29 is 9.22 Å². The summed E-state index contributed by atoms with van der Waals surface area (Å²) in [5, 5.41) is 2.80. The maximum Gasteiger partial charge on any atom is 0.393 e. The van der Waals surface area contributed by atoms with Gasteiger partial charge >= 0.3 is 6.09 Å². The summed E-state index contributed by atoms with van der Waals surface area (Å²) < 4.78 is 5.27. The third-order valence-corrected chi connectivity index (χ3v) is 3.00. The number of unbranched alkanes of at least 4 members (excludes halogenated alkanes) is 5. The highest BCUT2D eigenvalue weighted by Gasteiger charge is 2.19. The molecule has 0 unspecified atom stereocenters. The highest BCUT2D eigenvalue weighted by atomic mass is 28.4. The van der Waals surface area contributed by atoms with E-state index in [1.54, 1.807) is 0 Å². The van der Waals surface area contributed by atoms with Gasteiger partial charge in [-0.2, -0.15) is 0 Å². The van der Waals surface area contributed by atoms with E-state index in [-0.39, 0.29) is 6.09 Å². The standard InChI is InChI=1S/C12H27NO2Si/c1-5-6-7-8-9-10-11-13-12(14)15-16(2,3)4/h5-11H2,1-4H3,(H,13,14). The fraction of sp³-hybridized carbons (Fsp3) is 0.917. The van der Waals surface area contributed by atoms with Crippen molar-refractivity contribution in [2.45, 2.75) is 65.1 Å². The Morgan fingerprint density at radius 2 is 1.62 bits per heavy atom. The molecular formula is C12H27NO2Si. The van der Waals surface area contributed by atoms with Crippen molar-refractivity contribution in [2.75, 3.05) is 6.54 Å². The first-order valence-electron chi connectivity index (χ1n) is 6.42. The molecule has 0 aliphatic heterocycles. The van der Waals surface area contributed by atoms with Crippen molar-refractivity contribution in [1.29, 1.82) is 0 Å². The number of hydrogen-bond acceptors (Lipinski definition) is 2. The summed E-state index contributed by atoms with van der Waals surface area (Å²) in [6.45, 7) is 9.00. The van der Waals surface area contributed by atoms with Gasteiger partial charge in [0.15, 0.2) is 0 Å². The van der Waals surface area contributed by atoms with Crippen LogP contribution in [0.25, 0.3) is 0 Å². The molecule has 3 nitrogen and oxygen atoms in total. The molecule has 0 aromatic rings. The lowest BCUT2D eigenvalue weighted by Gasteiger charge is -2.17. The SMILES string of the molecule is CCCCCCCCNC(=O)O[Si](C)(C)C. The minimum absolute atomic E-state index is 0.243. The molecule has 0 fully saturated rings. The molecule has 0 radical (unpaired) electrons. The number of carbonyl (C=O) groups excluding carboxylic acids is 1. The third-order valence-electron chi connectivity index (χ3n) is 2.20. The summed E-state index contributed by atoms with van der Waals surface area (Å²) in [6.07, 6.45) is 7.21. The maximum absolute atomic E-state index is 11.3. The fourth-order valence-electron chi connectivity index (χ4n) is 1.41. The van der Waals surface area contributed by atoms with Gasteiger partial charge in [0, 0.05) is 6.54 Å². The van der Waals surface area contributed by atoms with Gasteiger partial charge in [-0.3, -0.25) is 0 Å². The minimum atomic E-state index is -1.72. The Kier molecular flexibility index (Phi) is 8.34. The molecular weight excluding hydrogens is 218 g/mol. The van der Waals surface area contributed by atoms with Crippen molar-refractivity contribution in [3.05, 3.63) is 0 Å². The summed E-state index contributed by atoms with van der Waals surface area (Å²) in [7, 11) is -1.72. The monoisotopic (exact) mass is 245 g/mol. The second-order valence-corrected chi connectivity index (χ2v) is 9.63. The van der Waals surface area contributed by atoms with Crippen LogP contribution in [-0.2, 0) is 4.43 Å². The molecule has 0 saturated heterocycles. The van der Waals surface area contributed by atoms with Crippen LogP contribution >= 0.6 is 0 Å². The molecule has 0 aliphatic rings. The largest absolute Gasteiger partial charge is 0.504 e. The van der Waals surface area contributed by atoms with Gasteiger partial charge in [-0.25, -0.2) is 4.79 Å². The Hall–Kier alpha value is -0.513. The van der Waals surface area contributed by atoms with E-state index in [4.69, 9.17) is 4.43 Å². The summed E-state index contributed by atoms with van der Waals surface area (Å²) in [5.41, 5.74) is 0. The lowest BCUT2D eigenvalue weighted by atomic mass is 10.1. The van der Waals surface area contributed by atoms with Gasteiger partial charge in [0.05, 0.1) is 0 Å². The number of carbonyl (C=O) groups is 1. The second-order valence-electron chi connectivity index (χ2n) is 5.20. The summed E-state index contributed by atoms with van der Waals surface area (Å²) in [4.78, 5) is 11.3. The molecule has 0 heterocycles. The Morgan fingerprint density at radius 1 is 1.06 bits per heavy atom. The predicted octanol–water partition coefficient (Wildman–Crippen LogP) is 3.91. The van der Waals surface area contributed by atoms with Crippen LogP contribution in [0, 0.1) is 0 Å². The number of hydrogen-bond donors (Lipinski definition) is 1. The molecule has 0 bridgehead atoms. The number of nitrogens with one attached hydrogen (secondary N) is 1. The molecule has 0 aliphatic carbocycles. The van der Waals surface area contributed by atoms with Gasteiger partial charge in [-0.15, -0.1) is 0 Å². The van der Waals surface area contributed by atoms with Gasteiger partial charge in [-0.1, -0.05) is 39.0 Å². The van der Waals surface area contributed by atoms with E-state index in [0.717, 1.165) is 13.0 Å². The Morgan fingerprint density at radius 3 is 2.19 bits per heavy atom. The minimum Gasteiger partial charge on any atom is -0.504 e. The Balaban J connectivity index is 3.28. The van der Waals surface area contributed by atoms with Gasteiger partial charge in [-0.05, 0) is 26.1 Å². The molecule has 0 spiro atoms. The van der Waals surface area contributed by atoms with Gasteiger partial charge in [0.25, 0.3) is 0 Å². The van der Waals surface area contributed by atoms with Crippen LogP contribution in [0.5, 0.6) is 0 Å². The van der Waals surface area contributed by atoms with E-state index in [1.165, 1.54) is 32.1 Å². The molecule has 1 N–H and O–H groups in total. The highest BCUT2D eigenvalue weighted by molar-refractivity contribution is 6.71. The van der Waals surface area contributed by atoms with Crippen molar-refractivity contribution >= 4 is 14.4 Å². The molecule has 16 heavy (non-hydrogen) atoms. The summed E-state index contributed by atoms with van der Waals surface area (Å²) >= 11 is 0. The topological polar surface area (TPSA) is 38.3 Å². The van der Waals surface area contributed by atoms with Crippen LogP contribution in [0.2, 0.25) is 19.6 Å². The van der Waals surface area contributed by atoms with Crippen LogP contribution in [0.15, 0.2) is 0 Å². The van der Waals surface area contributed by atoms with Crippen LogP contribution in [0.3, 0.4) is 0 Å². The zero-order chi connectivity index (χ0) is 12.4. The van der Waals surface area contributed by atoms with E-state index in [9.17, 15) is 4.79 Å². The van der Waals surface area contributed by atoms with Crippen molar-refractivity contribution in [2.24, 2.45) is 0 Å². The first-order valence-corrected chi connectivity index (χ1v) is 9.83. The van der Waals surface area contributed by atoms with Gasteiger partial charge < -0.3 is 9.74 Å². The van der Waals surface area contributed by atoms with Gasteiger partial charge in [0.2, 0.25) is 8.32 Å². The lowest BCUT2D eigenvalue weighted by Crippen LogP contribution is -2.36. The zero-order valence-electron chi connectivity index (χ0n) is 11.3. The van der Waals surface area contributed by atoms with E-state index in [2.05, 4.69) is 12.2 Å². The zero-order valence-corrected chi connectivity index (χ0v) is 12.3. The predicted molar refractivity (Wildman–Crippen MR) is 71.2 cm³/mol. The van der Waals surface area contributed by atoms with E-state index in [0.29, 0.717) is 0 Å². The van der Waals surface area contributed by atoms with Crippen molar-refractivity contribution in [3.63, 3.8) is 0 Å². The molecule has 4 heteroatoms. The Labute approximate surface area is 101 Å². The molecule has 0 saturated carbocycles. The fourth-order valence-corrected chi connectivity index (χ4v) is 2.04. The summed E-state index contributed by atoms with van der Waals surface area (Å²) in [5.74, 6) is 0. The van der Waals surface area contributed by atoms with Crippen molar-refractivity contribution in [1.82, 2.24) is 5.32 Å². The number of rotatable bonds is 8. The number of amides is 1. The van der Waals surface area contributed by atoms with Crippen molar-refractivity contribution in [3.8, 4) is 0 Å². The van der Waals surface area contributed by atoms with Crippen LogP contribution in [0.1, 0.15) is 45.4 Å². The molecule has 1 amide bonds. The molecule has 0 aromatic heterocycles. The van der Waals surface area contributed by atoms with Crippen LogP contribution in [-0.4, -0.2) is 21.0 Å². The smallest absolute Gasteiger partial charge is 0.393 e. The van der Waals surface area contributed by atoms with Crippen LogP contribution in [0.4, 0.5) is 4.79 Å². The normalized spacial score (nSPS) is 11.2. The Bertz CT molecular complexity index is 190.